The lowest BCUT2D eigenvalue weighted by Crippen LogP contribution is -2.36. The lowest BCUT2D eigenvalue weighted by Gasteiger charge is -2.06. The van der Waals surface area contributed by atoms with Crippen LogP contribution in [0.5, 0.6) is 0 Å². The van der Waals surface area contributed by atoms with Gasteiger partial charge in [-0.15, -0.1) is 0 Å². The number of nitrogens with one attached hydrogen (secondary N) is 2. The summed E-state index contributed by atoms with van der Waals surface area (Å²) in [6, 6.07) is 3.96. The third-order valence-corrected chi connectivity index (χ3v) is 1.90. The minimum absolute atomic E-state index is 0.00552. The minimum Gasteiger partial charge on any atom is -0.395 e. The molecule has 0 aliphatic carbocycles. The van der Waals surface area contributed by atoms with Crippen LogP contribution in [-0.4, -0.2) is 30.1 Å². The number of halogens is 1. The van der Waals surface area contributed by atoms with Crippen molar-refractivity contribution in [3.8, 4) is 0 Å². The van der Waals surface area contributed by atoms with Crippen LogP contribution in [0.1, 0.15) is 5.56 Å². The Hall–Kier alpha value is -1.95. The van der Waals surface area contributed by atoms with E-state index in [1.807, 2.05) is 0 Å². The Morgan fingerprint density at radius 2 is 2.00 bits per heavy atom. The van der Waals surface area contributed by atoms with Crippen LogP contribution in [0.15, 0.2) is 18.2 Å². The summed E-state index contributed by atoms with van der Waals surface area (Å²) in [5.41, 5.74) is 0.850. The molecule has 6 heteroatoms. The average Bonchev–Trinajstić information content (AvgIpc) is 2.24. The highest BCUT2D eigenvalue weighted by Gasteiger charge is 2.13. The predicted molar refractivity (Wildman–Crippen MR) is 59.9 cm³/mol. The van der Waals surface area contributed by atoms with Crippen LogP contribution in [0.25, 0.3) is 0 Å². The minimum atomic E-state index is -0.900. The molecular formula is C11H13FN2O3. The molecule has 0 saturated carbocycles. The summed E-state index contributed by atoms with van der Waals surface area (Å²) >= 11 is 0. The molecule has 0 saturated heterocycles. The molecule has 0 fully saturated rings. The number of rotatable bonds is 3. The molecule has 0 heterocycles. The summed E-state index contributed by atoms with van der Waals surface area (Å²) < 4.78 is 13.0. The molecule has 1 aromatic rings. The van der Waals surface area contributed by atoms with E-state index in [-0.39, 0.29) is 18.8 Å². The molecular weight excluding hydrogens is 227 g/mol. The standard InChI is InChI=1S/C11H13FN2O3/c1-7-4-8(12)6-9(5-7)14-11(17)10(16)13-2-3-15/h4-6,15H,2-3H2,1H3,(H,13,16)(H,14,17). The van der Waals surface area contributed by atoms with Crippen molar-refractivity contribution in [1.29, 1.82) is 0 Å². The van der Waals surface area contributed by atoms with E-state index in [4.69, 9.17) is 5.11 Å². The zero-order valence-corrected chi connectivity index (χ0v) is 9.29. The van der Waals surface area contributed by atoms with Crippen LogP contribution in [0.4, 0.5) is 10.1 Å². The summed E-state index contributed by atoms with van der Waals surface area (Å²) in [6.45, 7) is 1.41. The maximum Gasteiger partial charge on any atom is 0.313 e. The van der Waals surface area contributed by atoms with Crippen LogP contribution in [0.2, 0.25) is 0 Å². The summed E-state index contributed by atoms with van der Waals surface area (Å²) in [5.74, 6) is -2.26. The maximum atomic E-state index is 13.0. The number of hydrogen-bond acceptors (Lipinski definition) is 3. The first kappa shape index (κ1) is 13.1. The van der Waals surface area contributed by atoms with Crippen LogP contribution < -0.4 is 10.6 Å². The van der Waals surface area contributed by atoms with Gasteiger partial charge in [0.25, 0.3) is 0 Å². The molecule has 1 aromatic carbocycles. The SMILES string of the molecule is Cc1cc(F)cc(NC(=O)C(=O)NCCO)c1. The number of hydrogen-bond donors (Lipinski definition) is 3. The van der Waals surface area contributed by atoms with Gasteiger partial charge in [0.05, 0.1) is 6.61 Å². The van der Waals surface area contributed by atoms with E-state index in [0.717, 1.165) is 6.07 Å². The number of anilines is 1. The van der Waals surface area contributed by atoms with Crippen LogP contribution in [-0.2, 0) is 9.59 Å². The highest BCUT2D eigenvalue weighted by molar-refractivity contribution is 6.39. The average molecular weight is 240 g/mol. The number of aryl methyl sites for hydroxylation is 1. The van der Waals surface area contributed by atoms with Crippen molar-refractivity contribution in [2.24, 2.45) is 0 Å². The van der Waals surface area contributed by atoms with Gasteiger partial charge in [-0.25, -0.2) is 4.39 Å². The van der Waals surface area contributed by atoms with Gasteiger partial charge in [0.2, 0.25) is 0 Å². The zero-order chi connectivity index (χ0) is 12.8. The van der Waals surface area contributed by atoms with Gasteiger partial charge in [-0.05, 0) is 30.7 Å². The normalized spacial score (nSPS) is 9.82. The molecule has 17 heavy (non-hydrogen) atoms. The Kier molecular flexibility index (Phi) is 4.59. The van der Waals surface area contributed by atoms with Gasteiger partial charge in [-0.2, -0.15) is 0 Å². The predicted octanol–water partition coefficient (Wildman–Crippen LogP) is 0.181. The van der Waals surface area contributed by atoms with Crippen molar-refractivity contribution < 1.29 is 19.1 Å². The summed E-state index contributed by atoms with van der Waals surface area (Å²) in [5, 5.41) is 12.9. The number of carbonyl (C=O) groups excluding carboxylic acids is 2. The Labute approximate surface area is 97.6 Å². The fourth-order valence-electron chi connectivity index (χ4n) is 1.25. The van der Waals surface area contributed by atoms with E-state index in [1.54, 1.807) is 13.0 Å². The van der Waals surface area contributed by atoms with Crippen LogP contribution >= 0.6 is 0 Å². The van der Waals surface area contributed by atoms with E-state index in [0.29, 0.717) is 5.56 Å². The Balaban J connectivity index is 2.64. The second kappa shape index (κ2) is 5.95. The fourth-order valence-corrected chi connectivity index (χ4v) is 1.25. The van der Waals surface area contributed by atoms with Crippen molar-refractivity contribution in [1.82, 2.24) is 5.32 Å². The van der Waals surface area contributed by atoms with Gasteiger partial charge in [0, 0.05) is 12.2 Å². The lowest BCUT2D eigenvalue weighted by atomic mass is 10.2. The van der Waals surface area contributed by atoms with Gasteiger partial charge < -0.3 is 15.7 Å². The van der Waals surface area contributed by atoms with Gasteiger partial charge in [0.1, 0.15) is 5.82 Å². The van der Waals surface area contributed by atoms with Crippen molar-refractivity contribution in [2.45, 2.75) is 6.92 Å². The summed E-state index contributed by atoms with van der Waals surface area (Å²) in [4.78, 5) is 22.5. The molecule has 0 aliphatic rings. The molecule has 0 spiro atoms. The second-order valence-electron chi connectivity index (χ2n) is 3.45. The Bertz CT molecular complexity index is 414. The molecule has 1 rings (SSSR count). The molecule has 0 radical (unpaired) electrons. The fraction of sp³-hybridized carbons (Fsp3) is 0.273. The maximum absolute atomic E-state index is 13.0. The van der Waals surface area contributed by atoms with E-state index in [1.165, 1.54) is 6.07 Å². The molecule has 0 bridgehead atoms. The van der Waals surface area contributed by atoms with Gasteiger partial charge in [-0.1, -0.05) is 0 Å². The van der Waals surface area contributed by atoms with Crippen molar-refractivity contribution in [3.05, 3.63) is 29.6 Å². The molecule has 2 amide bonds. The molecule has 5 nitrogen and oxygen atoms in total. The van der Waals surface area contributed by atoms with E-state index in [9.17, 15) is 14.0 Å². The summed E-state index contributed by atoms with van der Waals surface area (Å²) in [6.07, 6.45) is 0. The smallest absolute Gasteiger partial charge is 0.313 e. The third kappa shape index (κ3) is 4.20. The third-order valence-electron chi connectivity index (χ3n) is 1.90. The van der Waals surface area contributed by atoms with Gasteiger partial charge >= 0.3 is 11.8 Å². The topological polar surface area (TPSA) is 78.4 Å². The molecule has 3 N–H and O–H groups in total. The van der Waals surface area contributed by atoms with Crippen LogP contribution in [0.3, 0.4) is 0 Å². The monoisotopic (exact) mass is 240 g/mol. The van der Waals surface area contributed by atoms with Crippen molar-refractivity contribution in [3.63, 3.8) is 0 Å². The largest absolute Gasteiger partial charge is 0.395 e. The molecule has 92 valence electrons. The number of aliphatic hydroxyl groups excluding tert-OH is 1. The highest BCUT2D eigenvalue weighted by atomic mass is 19.1. The lowest BCUT2D eigenvalue weighted by molar-refractivity contribution is -0.136. The second-order valence-corrected chi connectivity index (χ2v) is 3.45. The Morgan fingerprint density at radius 3 is 2.59 bits per heavy atom. The molecule has 0 aromatic heterocycles. The quantitative estimate of drug-likeness (QED) is 0.659. The van der Waals surface area contributed by atoms with Crippen molar-refractivity contribution >= 4 is 17.5 Å². The zero-order valence-electron chi connectivity index (χ0n) is 9.29. The molecule has 0 aliphatic heterocycles. The Morgan fingerprint density at radius 1 is 1.29 bits per heavy atom. The first-order valence-electron chi connectivity index (χ1n) is 5.00. The van der Waals surface area contributed by atoms with E-state index >= 15 is 0 Å². The van der Waals surface area contributed by atoms with Gasteiger partial charge in [0.15, 0.2) is 0 Å². The van der Waals surface area contributed by atoms with Crippen LogP contribution in [0, 0.1) is 12.7 Å². The summed E-state index contributed by atoms with van der Waals surface area (Å²) in [7, 11) is 0. The van der Waals surface area contributed by atoms with Gasteiger partial charge in [-0.3, -0.25) is 9.59 Å². The van der Waals surface area contributed by atoms with Crippen molar-refractivity contribution in [2.75, 3.05) is 18.5 Å². The first-order valence-corrected chi connectivity index (χ1v) is 5.00. The number of aliphatic hydroxyl groups is 1. The first-order chi connectivity index (χ1) is 8.02. The van der Waals surface area contributed by atoms with E-state index in [2.05, 4.69) is 10.6 Å². The molecule has 0 atom stereocenters. The number of benzene rings is 1. The number of carbonyl (C=O) groups is 2. The number of amides is 2. The molecule has 0 unspecified atom stereocenters. The van der Waals surface area contributed by atoms with E-state index < -0.39 is 17.6 Å². The highest BCUT2D eigenvalue weighted by Crippen LogP contribution is 2.12.